The predicted octanol–water partition coefficient (Wildman–Crippen LogP) is 4.12. The van der Waals surface area contributed by atoms with Gasteiger partial charge in [-0.1, -0.05) is 18.2 Å². The summed E-state index contributed by atoms with van der Waals surface area (Å²) in [4.78, 5) is 12.2. The first kappa shape index (κ1) is 18.8. The number of benzene rings is 1. The summed E-state index contributed by atoms with van der Waals surface area (Å²) in [5, 5.41) is 7.57. The zero-order valence-electron chi connectivity index (χ0n) is 14.4. The fourth-order valence-electron chi connectivity index (χ4n) is 3.49. The van der Waals surface area contributed by atoms with E-state index >= 15 is 0 Å². The van der Waals surface area contributed by atoms with Gasteiger partial charge >= 0.3 is 0 Å². The molecule has 2 N–H and O–H groups in total. The summed E-state index contributed by atoms with van der Waals surface area (Å²) in [5.74, 6) is 1.67. The molecule has 1 aliphatic heterocycles. The molecule has 1 saturated heterocycles. The predicted molar refractivity (Wildman–Crippen MR) is 99.6 cm³/mol. The second-order valence-electron chi connectivity index (χ2n) is 6.61. The Hall–Kier alpha value is -1.52. The van der Waals surface area contributed by atoms with Crippen molar-refractivity contribution in [2.75, 3.05) is 13.1 Å². The SMILES string of the molecule is Cc1c(C(C)NC(=O)CCC2CCNCC2)oc2ccccc12.Cl. The summed E-state index contributed by atoms with van der Waals surface area (Å²) in [6, 6.07) is 7.91. The van der Waals surface area contributed by atoms with Crippen LogP contribution in [0.4, 0.5) is 0 Å². The topological polar surface area (TPSA) is 54.3 Å². The molecule has 5 heteroatoms. The van der Waals surface area contributed by atoms with Crippen molar-refractivity contribution in [3.63, 3.8) is 0 Å². The fourth-order valence-corrected chi connectivity index (χ4v) is 3.49. The first-order valence-corrected chi connectivity index (χ1v) is 8.63. The van der Waals surface area contributed by atoms with Crippen LogP contribution >= 0.6 is 12.4 Å². The van der Waals surface area contributed by atoms with Crippen LogP contribution in [0.2, 0.25) is 0 Å². The molecule has 0 radical (unpaired) electrons. The van der Waals surface area contributed by atoms with Gasteiger partial charge in [-0.25, -0.2) is 0 Å². The number of fused-ring (bicyclic) bond motifs is 1. The van der Waals surface area contributed by atoms with Crippen molar-refractivity contribution in [2.24, 2.45) is 5.92 Å². The summed E-state index contributed by atoms with van der Waals surface area (Å²) >= 11 is 0. The lowest BCUT2D eigenvalue weighted by Crippen LogP contribution is -2.30. The number of amides is 1. The lowest BCUT2D eigenvalue weighted by atomic mass is 9.93. The van der Waals surface area contributed by atoms with E-state index in [0.717, 1.165) is 41.8 Å². The third kappa shape index (κ3) is 4.31. The molecule has 1 fully saturated rings. The highest BCUT2D eigenvalue weighted by molar-refractivity contribution is 5.85. The number of nitrogens with one attached hydrogen (secondary N) is 2. The first-order valence-electron chi connectivity index (χ1n) is 8.63. The average Bonchev–Trinajstić information content (AvgIpc) is 2.91. The van der Waals surface area contributed by atoms with E-state index in [0.29, 0.717) is 12.3 Å². The molecular weight excluding hydrogens is 324 g/mol. The quantitative estimate of drug-likeness (QED) is 0.852. The van der Waals surface area contributed by atoms with Crippen molar-refractivity contribution in [3.05, 3.63) is 35.6 Å². The highest BCUT2D eigenvalue weighted by Crippen LogP contribution is 2.29. The Labute approximate surface area is 149 Å². The number of rotatable bonds is 5. The van der Waals surface area contributed by atoms with E-state index in [-0.39, 0.29) is 24.4 Å². The van der Waals surface area contributed by atoms with Gasteiger partial charge in [0.1, 0.15) is 11.3 Å². The van der Waals surface area contributed by atoms with E-state index < -0.39 is 0 Å². The maximum absolute atomic E-state index is 12.2. The summed E-state index contributed by atoms with van der Waals surface area (Å²) in [6.45, 7) is 6.22. The van der Waals surface area contributed by atoms with Gasteiger partial charge in [-0.3, -0.25) is 4.79 Å². The Kier molecular flexibility index (Phi) is 6.69. The second kappa shape index (κ2) is 8.54. The second-order valence-corrected chi connectivity index (χ2v) is 6.61. The van der Waals surface area contributed by atoms with Crippen molar-refractivity contribution in [1.82, 2.24) is 10.6 Å². The Balaban J connectivity index is 0.00000208. The van der Waals surface area contributed by atoms with Crippen molar-refractivity contribution in [1.29, 1.82) is 0 Å². The number of carbonyl (C=O) groups is 1. The minimum atomic E-state index is -0.0945. The van der Waals surface area contributed by atoms with E-state index in [1.54, 1.807) is 0 Å². The number of hydrogen-bond donors (Lipinski definition) is 2. The Morgan fingerprint density at radius 3 is 2.75 bits per heavy atom. The Bertz CT molecular complexity index is 677. The molecular formula is C19H27ClN2O2. The molecule has 132 valence electrons. The number of para-hydroxylation sites is 1. The van der Waals surface area contributed by atoms with Crippen molar-refractivity contribution in [2.45, 2.75) is 45.6 Å². The largest absolute Gasteiger partial charge is 0.459 e. The lowest BCUT2D eigenvalue weighted by Gasteiger charge is -2.22. The molecule has 2 aromatic rings. The summed E-state index contributed by atoms with van der Waals surface area (Å²) in [5.41, 5.74) is 2.00. The van der Waals surface area contributed by atoms with Gasteiger partial charge in [-0.2, -0.15) is 0 Å². The summed E-state index contributed by atoms with van der Waals surface area (Å²) in [7, 11) is 0. The third-order valence-electron chi connectivity index (χ3n) is 4.89. The van der Waals surface area contributed by atoms with Crippen LogP contribution in [0.3, 0.4) is 0 Å². The maximum atomic E-state index is 12.2. The van der Waals surface area contributed by atoms with E-state index in [9.17, 15) is 4.79 Å². The molecule has 0 aliphatic carbocycles. The average molecular weight is 351 g/mol. The minimum absolute atomic E-state index is 0. The molecule has 2 heterocycles. The normalized spacial score (nSPS) is 16.6. The van der Waals surface area contributed by atoms with Gasteiger partial charge in [0.2, 0.25) is 5.91 Å². The molecule has 24 heavy (non-hydrogen) atoms. The number of aryl methyl sites for hydroxylation is 1. The number of furan rings is 1. The van der Waals surface area contributed by atoms with E-state index in [1.807, 2.05) is 25.1 Å². The number of piperidine rings is 1. The standard InChI is InChI=1S/C19H26N2O2.ClH/c1-13-16-5-3-4-6-17(16)23-19(13)14(2)21-18(22)8-7-15-9-11-20-12-10-15;/h3-6,14-15,20H,7-12H2,1-2H3,(H,21,22);1H. The van der Waals surface area contributed by atoms with Crippen molar-refractivity contribution in [3.8, 4) is 0 Å². The van der Waals surface area contributed by atoms with Crippen LogP contribution in [0.15, 0.2) is 28.7 Å². The van der Waals surface area contributed by atoms with Crippen LogP contribution in [0, 0.1) is 12.8 Å². The lowest BCUT2D eigenvalue weighted by molar-refractivity contribution is -0.122. The number of halogens is 1. The molecule has 0 bridgehead atoms. The number of carbonyl (C=O) groups excluding carboxylic acids is 1. The summed E-state index contributed by atoms with van der Waals surface area (Å²) in [6.07, 6.45) is 3.96. The Morgan fingerprint density at radius 2 is 2.04 bits per heavy atom. The zero-order valence-corrected chi connectivity index (χ0v) is 15.2. The van der Waals surface area contributed by atoms with Gasteiger partial charge in [0.25, 0.3) is 0 Å². The molecule has 1 atom stereocenters. The van der Waals surface area contributed by atoms with E-state index in [1.165, 1.54) is 12.8 Å². The van der Waals surface area contributed by atoms with Crippen molar-refractivity contribution >= 4 is 29.3 Å². The molecule has 4 nitrogen and oxygen atoms in total. The molecule has 1 aromatic carbocycles. The van der Waals surface area contributed by atoms with Crippen LogP contribution in [-0.4, -0.2) is 19.0 Å². The van der Waals surface area contributed by atoms with Crippen LogP contribution in [0.5, 0.6) is 0 Å². The van der Waals surface area contributed by atoms with Gasteiger partial charge in [0, 0.05) is 17.4 Å². The zero-order chi connectivity index (χ0) is 16.2. The van der Waals surface area contributed by atoms with Gasteiger partial charge in [0.05, 0.1) is 6.04 Å². The van der Waals surface area contributed by atoms with Crippen LogP contribution in [0.1, 0.15) is 50.0 Å². The van der Waals surface area contributed by atoms with Gasteiger partial charge < -0.3 is 15.1 Å². The van der Waals surface area contributed by atoms with Crippen LogP contribution in [0.25, 0.3) is 11.0 Å². The van der Waals surface area contributed by atoms with Crippen molar-refractivity contribution < 1.29 is 9.21 Å². The van der Waals surface area contributed by atoms with Crippen LogP contribution in [-0.2, 0) is 4.79 Å². The van der Waals surface area contributed by atoms with Gasteiger partial charge in [0.15, 0.2) is 0 Å². The molecule has 1 aromatic heterocycles. The molecule has 1 amide bonds. The molecule has 1 aliphatic rings. The Morgan fingerprint density at radius 1 is 1.33 bits per heavy atom. The smallest absolute Gasteiger partial charge is 0.220 e. The maximum Gasteiger partial charge on any atom is 0.220 e. The molecule has 0 saturated carbocycles. The highest BCUT2D eigenvalue weighted by atomic mass is 35.5. The molecule has 1 unspecified atom stereocenters. The third-order valence-corrected chi connectivity index (χ3v) is 4.89. The highest BCUT2D eigenvalue weighted by Gasteiger charge is 2.19. The summed E-state index contributed by atoms with van der Waals surface area (Å²) < 4.78 is 5.93. The minimum Gasteiger partial charge on any atom is -0.459 e. The van der Waals surface area contributed by atoms with E-state index in [2.05, 4.69) is 23.6 Å². The first-order chi connectivity index (χ1) is 11.1. The van der Waals surface area contributed by atoms with Crippen LogP contribution < -0.4 is 10.6 Å². The fraction of sp³-hybridized carbons (Fsp3) is 0.526. The molecule has 0 spiro atoms. The van der Waals surface area contributed by atoms with E-state index in [4.69, 9.17) is 4.42 Å². The van der Waals surface area contributed by atoms with Gasteiger partial charge in [-0.05, 0) is 58.2 Å². The monoisotopic (exact) mass is 350 g/mol. The van der Waals surface area contributed by atoms with Gasteiger partial charge in [-0.15, -0.1) is 12.4 Å². The molecule has 3 rings (SSSR count). The number of hydrogen-bond acceptors (Lipinski definition) is 3.